The van der Waals surface area contributed by atoms with Gasteiger partial charge in [-0.15, -0.1) is 12.4 Å². The van der Waals surface area contributed by atoms with Crippen molar-refractivity contribution < 1.29 is 14.6 Å². The highest BCUT2D eigenvalue weighted by atomic mass is 35.5. The van der Waals surface area contributed by atoms with E-state index in [9.17, 15) is 10.2 Å². The number of aromatic hydroxyl groups is 2. The van der Waals surface area contributed by atoms with E-state index in [0.717, 1.165) is 54.9 Å². The van der Waals surface area contributed by atoms with E-state index >= 15 is 0 Å². The van der Waals surface area contributed by atoms with Crippen molar-refractivity contribution in [1.29, 1.82) is 0 Å². The van der Waals surface area contributed by atoms with E-state index in [2.05, 4.69) is 18.3 Å². The van der Waals surface area contributed by atoms with E-state index in [4.69, 9.17) is 4.42 Å². The van der Waals surface area contributed by atoms with Gasteiger partial charge in [0.25, 0.3) is 0 Å². The number of phenols is 2. The van der Waals surface area contributed by atoms with Gasteiger partial charge in [-0.25, -0.2) is 0 Å². The third kappa shape index (κ3) is 2.60. The van der Waals surface area contributed by atoms with Gasteiger partial charge in [0.05, 0.1) is 6.54 Å². The molecule has 0 spiro atoms. The van der Waals surface area contributed by atoms with Crippen LogP contribution in [-0.4, -0.2) is 16.3 Å². The van der Waals surface area contributed by atoms with Crippen LogP contribution >= 0.6 is 12.4 Å². The van der Waals surface area contributed by atoms with Crippen molar-refractivity contribution in [2.45, 2.75) is 51.1 Å². The van der Waals surface area contributed by atoms with Gasteiger partial charge in [-0.2, -0.15) is 0 Å². The van der Waals surface area contributed by atoms with Crippen LogP contribution in [0.3, 0.4) is 0 Å². The highest BCUT2D eigenvalue weighted by molar-refractivity contribution is 5.85. The molecule has 1 aromatic heterocycles. The Balaban J connectivity index is 0.00000156. The summed E-state index contributed by atoms with van der Waals surface area (Å²) in [5, 5.41) is 23.2. The van der Waals surface area contributed by atoms with Crippen LogP contribution in [0.4, 0.5) is 0 Å². The molecule has 0 saturated carbocycles. The molecule has 3 N–H and O–H groups in total. The second-order valence-corrected chi connectivity index (χ2v) is 6.38. The van der Waals surface area contributed by atoms with Gasteiger partial charge in [-0.1, -0.05) is 6.92 Å². The molecule has 0 amide bonds. The Labute approximate surface area is 141 Å². The lowest BCUT2D eigenvalue weighted by Gasteiger charge is -2.37. The van der Waals surface area contributed by atoms with Crippen molar-refractivity contribution in [1.82, 2.24) is 5.32 Å². The average Bonchev–Trinajstić information content (AvgIpc) is 2.91. The number of hydrogen-bond acceptors (Lipinski definition) is 4. The van der Waals surface area contributed by atoms with Gasteiger partial charge in [-0.05, 0) is 48.6 Å². The lowest BCUT2D eigenvalue weighted by atomic mass is 9.74. The predicted molar refractivity (Wildman–Crippen MR) is 90.5 cm³/mol. The minimum absolute atomic E-state index is 0. The summed E-state index contributed by atoms with van der Waals surface area (Å²) in [7, 11) is 0. The van der Waals surface area contributed by atoms with E-state index in [0.29, 0.717) is 6.04 Å². The molecule has 0 bridgehead atoms. The molecule has 2 atom stereocenters. The molecular formula is C18H22ClNO3. The summed E-state index contributed by atoms with van der Waals surface area (Å²) >= 11 is 0. The summed E-state index contributed by atoms with van der Waals surface area (Å²) in [4.78, 5) is 0. The molecule has 4 rings (SSSR count). The molecule has 23 heavy (non-hydrogen) atoms. The van der Waals surface area contributed by atoms with E-state index in [-0.39, 0.29) is 29.8 Å². The van der Waals surface area contributed by atoms with Crippen LogP contribution in [0.15, 0.2) is 22.6 Å². The van der Waals surface area contributed by atoms with Crippen molar-refractivity contribution in [3.8, 4) is 11.5 Å². The molecule has 1 aromatic carbocycles. The minimum atomic E-state index is -0.0381. The number of nitrogens with one attached hydrogen (secondary N) is 1. The molecule has 2 heterocycles. The lowest BCUT2D eigenvalue weighted by Crippen LogP contribution is -2.42. The summed E-state index contributed by atoms with van der Waals surface area (Å²) in [6, 6.07) is 6.00. The third-order valence-corrected chi connectivity index (χ3v) is 4.95. The first-order valence-corrected chi connectivity index (χ1v) is 8.07. The van der Waals surface area contributed by atoms with E-state index < -0.39 is 0 Å². The van der Waals surface area contributed by atoms with Crippen LogP contribution in [0.2, 0.25) is 0 Å². The Morgan fingerprint density at radius 1 is 1.17 bits per heavy atom. The monoisotopic (exact) mass is 335 g/mol. The van der Waals surface area contributed by atoms with Crippen LogP contribution in [-0.2, 0) is 19.4 Å². The largest absolute Gasteiger partial charge is 0.504 e. The van der Waals surface area contributed by atoms with E-state index in [1.807, 2.05) is 0 Å². The Morgan fingerprint density at radius 2 is 1.96 bits per heavy atom. The van der Waals surface area contributed by atoms with Crippen LogP contribution in [0.25, 0.3) is 0 Å². The maximum atomic E-state index is 9.91. The molecule has 2 aromatic rings. The average molecular weight is 336 g/mol. The smallest absolute Gasteiger partial charge is 0.157 e. The van der Waals surface area contributed by atoms with E-state index in [1.165, 1.54) is 5.56 Å². The first-order valence-electron chi connectivity index (χ1n) is 8.07. The fraction of sp³-hybridized carbons (Fsp3) is 0.444. The maximum absolute atomic E-state index is 9.91. The molecule has 2 aliphatic rings. The van der Waals surface area contributed by atoms with Crippen molar-refractivity contribution in [2.75, 3.05) is 0 Å². The van der Waals surface area contributed by atoms with Crippen LogP contribution in [0, 0.1) is 0 Å². The summed E-state index contributed by atoms with van der Waals surface area (Å²) in [6.07, 6.45) is 3.99. The van der Waals surface area contributed by atoms with Crippen LogP contribution in [0.5, 0.6) is 11.5 Å². The molecule has 1 aliphatic heterocycles. The lowest BCUT2D eigenvalue weighted by molar-refractivity contribution is 0.346. The summed E-state index contributed by atoms with van der Waals surface area (Å²) < 4.78 is 5.99. The Kier molecular flexibility index (Phi) is 4.30. The maximum Gasteiger partial charge on any atom is 0.157 e. The number of aryl methyl sites for hydroxylation is 2. The molecule has 0 unspecified atom stereocenters. The number of fused-ring (bicyclic) bond motifs is 5. The fourth-order valence-corrected chi connectivity index (χ4v) is 3.94. The number of phenolic OH excluding ortho intramolecular Hbond substituents is 2. The number of halogens is 1. The zero-order chi connectivity index (χ0) is 15.3. The van der Waals surface area contributed by atoms with Gasteiger partial charge < -0.3 is 19.9 Å². The van der Waals surface area contributed by atoms with Gasteiger partial charge in [0.1, 0.15) is 11.5 Å². The van der Waals surface area contributed by atoms with Gasteiger partial charge in [0, 0.05) is 23.9 Å². The minimum Gasteiger partial charge on any atom is -0.504 e. The van der Waals surface area contributed by atoms with Crippen LogP contribution < -0.4 is 5.32 Å². The zero-order valence-corrected chi connectivity index (χ0v) is 13.9. The topological polar surface area (TPSA) is 65.6 Å². The zero-order valence-electron chi connectivity index (χ0n) is 13.1. The highest BCUT2D eigenvalue weighted by Crippen LogP contribution is 2.45. The first kappa shape index (κ1) is 16.2. The van der Waals surface area contributed by atoms with Gasteiger partial charge in [0.2, 0.25) is 0 Å². The Hall–Kier alpha value is -1.65. The normalized spacial score (nSPS) is 21.8. The second kappa shape index (κ2) is 6.10. The van der Waals surface area contributed by atoms with Gasteiger partial charge in [-0.3, -0.25) is 0 Å². The Bertz CT molecular complexity index is 725. The van der Waals surface area contributed by atoms with Gasteiger partial charge >= 0.3 is 0 Å². The van der Waals surface area contributed by atoms with Crippen LogP contribution in [0.1, 0.15) is 53.9 Å². The third-order valence-electron chi connectivity index (χ3n) is 4.95. The molecule has 124 valence electrons. The van der Waals surface area contributed by atoms with Crippen molar-refractivity contribution in [2.24, 2.45) is 0 Å². The first-order chi connectivity index (χ1) is 10.7. The molecule has 4 nitrogen and oxygen atoms in total. The molecule has 5 heteroatoms. The fourth-order valence-electron chi connectivity index (χ4n) is 3.94. The second-order valence-electron chi connectivity index (χ2n) is 6.38. The highest BCUT2D eigenvalue weighted by Gasteiger charge is 2.37. The predicted octanol–water partition coefficient (Wildman–Crippen LogP) is 3.62. The molecule has 0 fully saturated rings. The summed E-state index contributed by atoms with van der Waals surface area (Å²) in [5.74, 6) is 2.20. The quantitative estimate of drug-likeness (QED) is 0.733. The summed E-state index contributed by atoms with van der Waals surface area (Å²) in [5.41, 5.74) is 3.49. The van der Waals surface area contributed by atoms with Crippen molar-refractivity contribution >= 4 is 12.4 Å². The Morgan fingerprint density at radius 3 is 2.74 bits per heavy atom. The summed E-state index contributed by atoms with van der Waals surface area (Å²) in [6.45, 7) is 2.93. The number of hydrogen-bond donors (Lipinski definition) is 3. The molecule has 0 saturated heterocycles. The van der Waals surface area contributed by atoms with E-state index in [1.54, 1.807) is 12.1 Å². The molecule has 1 aliphatic carbocycles. The van der Waals surface area contributed by atoms with Crippen molar-refractivity contribution in [3.63, 3.8) is 0 Å². The number of benzene rings is 1. The standard InChI is InChI=1S/C18H21NO3.ClH/c1-2-3-11-7-13-17(22-11)9-19-14-5-4-10-6-15(20)16(21)8-12(10)18(13)14;/h6-8,14,18-21H,2-5,9H2,1H3;1H/t14-,18+;/m1./s1. The molecule has 0 radical (unpaired) electrons. The van der Waals surface area contributed by atoms with Crippen molar-refractivity contribution in [3.05, 3.63) is 46.4 Å². The number of furan rings is 1. The molecular weight excluding hydrogens is 314 g/mol. The van der Waals surface area contributed by atoms with Gasteiger partial charge in [0.15, 0.2) is 11.5 Å². The number of rotatable bonds is 2. The SMILES string of the molecule is CCCc1cc2c(o1)CN[C@@H]1CCc3cc(O)c(O)cc3[C@@H]21.Cl.